The molecule has 0 atom stereocenters. The summed E-state index contributed by atoms with van der Waals surface area (Å²) in [5.74, 6) is -0.908. The average Bonchev–Trinajstić information content (AvgIpc) is 2.09. The molecule has 0 unspecified atom stereocenters. The average molecular weight is 224 g/mol. The van der Waals surface area contributed by atoms with Crippen LogP contribution in [-0.4, -0.2) is 42.7 Å². The van der Waals surface area contributed by atoms with E-state index < -0.39 is 15.8 Å². The Hall–Kier alpha value is -0.620. The van der Waals surface area contributed by atoms with Crippen LogP contribution in [0.15, 0.2) is 0 Å². The standard InChI is InChI=1S/C8H16O5S/c9-5-3-7-14(12,13)6-2-1-4-8(10)11/h9H,1-7H2,(H,10,11). The molecule has 0 saturated heterocycles. The second-order valence-corrected chi connectivity index (χ2v) is 5.38. The van der Waals surface area contributed by atoms with Crippen molar-refractivity contribution in [2.45, 2.75) is 25.7 Å². The summed E-state index contributed by atoms with van der Waals surface area (Å²) in [5, 5.41) is 16.7. The monoisotopic (exact) mass is 224 g/mol. The lowest BCUT2D eigenvalue weighted by molar-refractivity contribution is -0.137. The van der Waals surface area contributed by atoms with Crippen LogP contribution in [0.5, 0.6) is 0 Å². The first kappa shape index (κ1) is 13.4. The quantitative estimate of drug-likeness (QED) is 0.568. The van der Waals surface area contributed by atoms with Crippen LogP contribution in [0.3, 0.4) is 0 Å². The molecule has 0 aromatic rings. The predicted octanol–water partition coefficient (Wildman–Crippen LogP) is 0.0385. The molecule has 0 heterocycles. The molecule has 5 nitrogen and oxygen atoms in total. The Morgan fingerprint density at radius 2 is 1.64 bits per heavy atom. The zero-order valence-corrected chi connectivity index (χ0v) is 8.79. The molecule has 2 N–H and O–H groups in total. The van der Waals surface area contributed by atoms with Gasteiger partial charge in [-0.15, -0.1) is 0 Å². The normalized spacial score (nSPS) is 11.5. The second-order valence-electron chi connectivity index (χ2n) is 3.08. The molecular weight excluding hydrogens is 208 g/mol. The summed E-state index contributed by atoms with van der Waals surface area (Å²) < 4.78 is 22.4. The molecule has 0 spiro atoms. The van der Waals surface area contributed by atoms with Gasteiger partial charge in [0.1, 0.15) is 9.84 Å². The lowest BCUT2D eigenvalue weighted by Gasteiger charge is -2.01. The van der Waals surface area contributed by atoms with Crippen molar-refractivity contribution in [3.05, 3.63) is 0 Å². The largest absolute Gasteiger partial charge is 0.481 e. The number of aliphatic hydroxyl groups excluding tert-OH is 1. The van der Waals surface area contributed by atoms with Gasteiger partial charge in [-0.3, -0.25) is 4.79 Å². The summed E-state index contributed by atoms with van der Waals surface area (Å²) in [6, 6.07) is 0. The Morgan fingerprint density at radius 3 is 2.14 bits per heavy atom. The molecule has 0 aliphatic rings. The van der Waals surface area contributed by atoms with E-state index in [1.807, 2.05) is 0 Å². The van der Waals surface area contributed by atoms with Crippen molar-refractivity contribution in [3.63, 3.8) is 0 Å². The van der Waals surface area contributed by atoms with Gasteiger partial charge in [0.15, 0.2) is 0 Å². The van der Waals surface area contributed by atoms with Gasteiger partial charge in [0.2, 0.25) is 0 Å². The van der Waals surface area contributed by atoms with Crippen molar-refractivity contribution in [2.24, 2.45) is 0 Å². The highest BCUT2D eigenvalue weighted by Crippen LogP contribution is 2.01. The number of aliphatic hydroxyl groups is 1. The molecule has 0 bridgehead atoms. The van der Waals surface area contributed by atoms with E-state index in [1.54, 1.807) is 0 Å². The van der Waals surface area contributed by atoms with Crippen molar-refractivity contribution in [1.29, 1.82) is 0 Å². The molecule has 0 radical (unpaired) electrons. The summed E-state index contributed by atoms with van der Waals surface area (Å²) in [4.78, 5) is 10.1. The molecule has 0 rings (SSSR count). The Labute approximate surface area is 83.7 Å². The van der Waals surface area contributed by atoms with Crippen LogP contribution in [-0.2, 0) is 14.6 Å². The van der Waals surface area contributed by atoms with Gasteiger partial charge < -0.3 is 10.2 Å². The van der Waals surface area contributed by atoms with Gasteiger partial charge in [-0.05, 0) is 19.3 Å². The van der Waals surface area contributed by atoms with E-state index in [-0.39, 0.29) is 31.0 Å². The van der Waals surface area contributed by atoms with Gasteiger partial charge in [-0.25, -0.2) is 8.42 Å². The van der Waals surface area contributed by atoms with Crippen LogP contribution in [0.4, 0.5) is 0 Å². The van der Waals surface area contributed by atoms with E-state index in [2.05, 4.69) is 0 Å². The van der Waals surface area contributed by atoms with Crippen LogP contribution < -0.4 is 0 Å². The Bertz CT molecular complexity index is 257. The second kappa shape index (κ2) is 6.78. The SMILES string of the molecule is O=C(O)CCCCS(=O)(=O)CCCO. The molecule has 14 heavy (non-hydrogen) atoms. The van der Waals surface area contributed by atoms with E-state index in [4.69, 9.17) is 10.2 Å². The predicted molar refractivity (Wildman–Crippen MR) is 51.8 cm³/mol. The molecule has 0 aromatic heterocycles. The molecule has 0 saturated carbocycles. The molecule has 0 aliphatic carbocycles. The van der Waals surface area contributed by atoms with Crippen LogP contribution >= 0.6 is 0 Å². The number of rotatable bonds is 8. The third-order valence-electron chi connectivity index (χ3n) is 1.71. The zero-order chi connectivity index (χ0) is 11.0. The van der Waals surface area contributed by atoms with Crippen molar-refractivity contribution in [3.8, 4) is 0 Å². The van der Waals surface area contributed by atoms with Gasteiger partial charge in [-0.1, -0.05) is 0 Å². The fourth-order valence-electron chi connectivity index (χ4n) is 0.985. The molecule has 0 fully saturated rings. The first-order chi connectivity index (χ1) is 6.48. The van der Waals surface area contributed by atoms with Crippen molar-refractivity contribution >= 4 is 15.8 Å². The van der Waals surface area contributed by atoms with Gasteiger partial charge in [0, 0.05) is 13.0 Å². The minimum atomic E-state index is -3.09. The number of aliphatic carboxylic acids is 1. The van der Waals surface area contributed by atoms with Crippen LogP contribution in [0.25, 0.3) is 0 Å². The minimum absolute atomic E-state index is 0.00944. The van der Waals surface area contributed by atoms with E-state index in [9.17, 15) is 13.2 Å². The first-order valence-electron chi connectivity index (χ1n) is 4.51. The summed E-state index contributed by atoms with van der Waals surface area (Å²) in [7, 11) is -3.09. The van der Waals surface area contributed by atoms with Gasteiger partial charge in [0.05, 0.1) is 11.5 Å². The van der Waals surface area contributed by atoms with E-state index in [0.717, 1.165) is 0 Å². The third kappa shape index (κ3) is 8.00. The molecule has 0 aromatic carbocycles. The highest BCUT2D eigenvalue weighted by molar-refractivity contribution is 7.91. The molecular formula is C8H16O5S. The maximum Gasteiger partial charge on any atom is 0.303 e. The van der Waals surface area contributed by atoms with E-state index in [1.165, 1.54) is 0 Å². The Kier molecular flexibility index (Phi) is 6.48. The lowest BCUT2D eigenvalue weighted by Crippen LogP contribution is -2.12. The molecule has 0 amide bonds. The fourth-order valence-corrected chi connectivity index (χ4v) is 2.40. The highest BCUT2D eigenvalue weighted by atomic mass is 32.2. The van der Waals surface area contributed by atoms with Crippen molar-refractivity contribution in [2.75, 3.05) is 18.1 Å². The fraction of sp³-hybridized carbons (Fsp3) is 0.875. The Morgan fingerprint density at radius 1 is 1.07 bits per heavy atom. The first-order valence-corrected chi connectivity index (χ1v) is 6.33. The number of carboxylic acids is 1. The zero-order valence-electron chi connectivity index (χ0n) is 7.98. The number of carbonyl (C=O) groups is 1. The smallest absolute Gasteiger partial charge is 0.303 e. The van der Waals surface area contributed by atoms with Gasteiger partial charge in [0.25, 0.3) is 0 Å². The summed E-state index contributed by atoms with van der Waals surface area (Å²) >= 11 is 0. The third-order valence-corrected chi connectivity index (χ3v) is 3.53. The van der Waals surface area contributed by atoms with E-state index >= 15 is 0 Å². The molecule has 84 valence electrons. The highest BCUT2D eigenvalue weighted by Gasteiger charge is 2.09. The van der Waals surface area contributed by atoms with E-state index in [0.29, 0.717) is 12.8 Å². The summed E-state index contributed by atoms with van der Waals surface area (Å²) in [6.07, 6.45) is 1.02. The maximum atomic E-state index is 11.2. The lowest BCUT2D eigenvalue weighted by atomic mass is 10.3. The molecule has 6 heteroatoms. The Balaban J connectivity index is 3.61. The van der Waals surface area contributed by atoms with Gasteiger partial charge >= 0.3 is 5.97 Å². The van der Waals surface area contributed by atoms with Gasteiger partial charge in [-0.2, -0.15) is 0 Å². The topological polar surface area (TPSA) is 91.7 Å². The minimum Gasteiger partial charge on any atom is -0.481 e. The van der Waals surface area contributed by atoms with Crippen molar-refractivity contribution < 1.29 is 23.4 Å². The van der Waals surface area contributed by atoms with Crippen LogP contribution in [0.2, 0.25) is 0 Å². The number of carboxylic acid groups (broad SMARTS) is 1. The van der Waals surface area contributed by atoms with Crippen molar-refractivity contribution in [1.82, 2.24) is 0 Å². The number of hydrogen-bond donors (Lipinski definition) is 2. The number of sulfone groups is 1. The molecule has 0 aliphatic heterocycles. The van der Waals surface area contributed by atoms with Crippen LogP contribution in [0, 0.1) is 0 Å². The maximum absolute atomic E-state index is 11.2. The number of hydrogen-bond acceptors (Lipinski definition) is 4. The number of unbranched alkanes of at least 4 members (excludes halogenated alkanes) is 1. The van der Waals surface area contributed by atoms with Crippen LogP contribution in [0.1, 0.15) is 25.7 Å². The summed E-state index contributed by atoms with van der Waals surface area (Å²) in [6.45, 7) is -0.131. The summed E-state index contributed by atoms with van der Waals surface area (Å²) in [5.41, 5.74) is 0.